The summed E-state index contributed by atoms with van der Waals surface area (Å²) in [6.45, 7) is 5.00. The lowest BCUT2D eigenvalue weighted by molar-refractivity contribution is 0.497. The molecule has 3 N–H and O–H groups in total. The quantitative estimate of drug-likeness (QED) is 0.877. The van der Waals surface area contributed by atoms with E-state index in [9.17, 15) is 0 Å². The van der Waals surface area contributed by atoms with Gasteiger partial charge in [0.05, 0.1) is 9.50 Å². The highest BCUT2D eigenvalue weighted by atomic mass is 79.9. The molecule has 1 heterocycles. The summed E-state index contributed by atoms with van der Waals surface area (Å²) < 4.78 is 0.877. The molecule has 1 rings (SSSR count). The van der Waals surface area contributed by atoms with Gasteiger partial charge in [-0.1, -0.05) is 25.4 Å². The molecule has 5 heteroatoms. The number of aromatic nitrogens is 1. The Morgan fingerprint density at radius 3 is 2.75 bits per heavy atom. The molecule has 0 saturated carbocycles. The fourth-order valence-corrected chi connectivity index (χ4v) is 2.20. The van der Waals surface area contributed by atoms with Crippen LogP contribution in [-0.2, 0) is 0 Å². The zero-order chi connectivity index (χ0) is 12.1. The molecule has 0 amide bonds. The van der Waals surface area contributed by atoms with Gasteiger partial charge >= 0.3 is 0 Å². The van der Waals surface area contributed by atoms with Gasteiger partial charge in [0.15, 0.2) is 0 Å². The van der Waals surface area contributed by atoms with Crippen LogP contribution < -0.4 is 11.1 Å². The van der Waals surface area contributed by atoms with E-state index >= 15 is 0 Å². The van der Waals surface area contributed by atoms with Crippen LogP contribution in [0.25, 0.3) is 0 Å². The van der Waals surface area contributed by atoms with Gasteiger partial charge in [-0.25, -0.2) is 4.98 Å². The van der Waals surface area contributed by atoms with Gasteiger partial charge in [-0.15, -0.1) is 0 Å². The number of nitrogens with one attached hydrogen (secondary N) is 1. The van der Waals surface area contributed by atoms with Crippen LogP contribution >= 0.6 is 27.5 Å². The topological polar surface area (TPSA) is 50.9 Å². The third-order valence-corrected chi connectivity index (χ3v) is 3.22. The molecule has 0 aromatic carbocycles. The van der Waals surface area contributed by atoms with E-state index in [0.717, 1.165) is 16.7 Å². The van der Waals surface area contributed by atoms with Crippen molar-refractivity contribution in [3.63, 3.8) is 0 Å². The lowest BCUT2D eigenvalue weighted by Gasteiger charge is -2.22. The molecule has 0 bridgehead atoms. The number of halogens is 2. The van der Waals surface area contributed by atoms with Gasteiger partial charge in [-0.3, -0.25) is 0 Å². The number of hydrogen-bond acceptors (Lipinski definition) is 3. The number of hydrogen-bond donors (Lipinski definition) is 2. The molecule has 0 aliphatic carbocycles. The van der Waals surface area contributed by atoms with Crippen LogP contribution in [-0.4, -0.2) is 17.6 Å². The third kappa shape index (κ3) is 3.92. The van der Waals surface area contributed by atoms with Crippen molar-refractivity contribution in [3.8, 4) is 0 Å². The molecule has 3 nitrogen and oxygen atoms in total. The van der Waals surface area contributed by atoms with Gasteiger partial charge < -0.3 is 11.1 Å². The van der Waals surface area contributed by atoms with Crippen molar-refractivity contribution in [1.82, 2.24) is 4.98 Å². The summed E-state index contributed by atoms with van der Waals surface area (Å²) in [4.78, 5) is 4.25. The minimum atomic E-state index is 0.329. The highest BCUT2D eigenvalue weighted by Gasteiger charge is 2.14. The minimum absolute atomic E-state index is 0.329. The Hall–Kier alpha value is -0.320. The molecule has 16 heavy (non-hydrogen) atoms. The van der Waals surface area contributed by atoms with E-state index < -0.39 is 0 Å². The van der Waals surface area contributed by atoms with Gasteiger partial charge in [-0.2, -0.15) is 0 Å². The molecule has 90 valence electrons. The maximum absolute atomic E-state index is 5.84. The summed E-state index contributed by atoms with van der Waals surface area (Å²) in [5, 5.41) is 4.00. The number of nitrogens with zero attached hydrogens (tertiary/aromatic N) is 1. The van der Waals surface area contributed by atoms with E-state index in [1.165, 1.54) is 0 Å². The summed E-state index contributed by atoms with van der Waals surface area (Å²) >= 11 is 9.27. The molecule has 1 aromatic heterocycles. The molecule has 1 atom stereocenters. The summed E-state index contributed by atoms with van der Waals surface area (Å²) in [6, 6.07) is 2.16. The standard InChI is InChI=1S/C11H17BrClN3/c1-7(2)10(3-4-14)16-11-9(12)5-8(13)6-15-11/h5-7,10H,3-4,14H2,1-2H3,(H,15,16). The molecule has 0 fully saturated rings. The molecule has 0 saturated heterocycles. The van der Waals surface area contributed by atoms with Crippen molar-refractivity contribution < 1.29 is 0 Å². The van der Waals surface area contributed by atoms with Gasteiger partial charge in [-0.05, 0) is 40.9 Å². The van der Waals surface area contributed by atoms with E-state index in [-0.39, 0.29) is 0 Å². The van der Waals surface area contributed by atoms with E-state index in [4.69, 9.17) is 17.3 Å². The zero-order valence-corrected chi connectivity index (χ0v) is 11.8. The zero-order valence-electron chi connectivity index (χ0n) is 9.50. The summed E-state index contributed by atoms with van der Waals surface area (Å²) in [7, 11) is 0. The number of pyridine rings is 1. The second-order valence-corrected chi connectivity index (χ2v) is 5.35. The van der Waals surface area contributed by atoms with Gasteiger partial charge in [0, 0.05) is 12.2 Å². The smallest absolute Gasteiger partial charge is 0.140 e. The first-order valence-electron chi connectivity index (χ1n) is 5.32. The van der Waals surface area contributed by atoms with Crippen LogP contribution in [0.3, 0.4) is 0 Å². The number of nitrogens with two attached hydrogens (primary N) is 1. The van der Waals surface area contributed by atoms with Crippen LogP contribution in [0.15, 0.2) is 16.7 Å². The Bertz CT molecular complexity index is 344. The van der Waals surface area contributed by atoms with Gasteiger partial charge in [0.1, 0.15) is 5.82 Å². The first-order valence-corrected chi connectivity index (χ1v) is 6.49. The Balaban J connectivity index is 2.77. The fourth-order valence-electron chi connectivity index (χ4n) is 1.45. The lowest BCUT2D eigenvalue weighted by atomic mass is 10.0. The predicted molar refractivity (Wildman–Crippen MR) is 72.9 cm³/mol. The number of rotatable bonds is 5. The van der Waals surface area contributed by atoms with E-state index in [1.807, 2.05) is 6.07 Å². The monoisotopic (exact) mass is 305 g/mol. The highest BCUT2D eigenvalue weighted by molar-refractivity contribution is 9.10. The Labute approximate surface area is 110 Å². The molecule has 1 unspecified atom stereocenters. The normalized spacial score (nSPS) is 12.9. The van der Waals surface area contributed by atoms with Crippen molar-refractivity contribution in [3.05, 3.63) is 21.8 Å². The molecule has 0 radical (unpaired) electrons. The minimum Gasteiger partial charge on any atom is -0.366 e. The van der Waals surface area contributed by atoms with Crippen molar-refractivity contribution in [1.29, 1.82) is 0 Å². The molecule has 1 aromatic rings. The van der Waals surface area contributed by atoms with Crippen LogP contribution in [0.2, 0.25) is 5.02 Å². The third-order valence-electron chi connectivity index (χ3n) is 2.41. The first-order chi connectivity index (χ1) is 7.54. The first kappa shape index (κ1) is 13.7. The summed E-state index contributed by atoms with van der Waals surface area (Å²) in [5.41, 5.74) is 5.59. The van der Waals surface area contributed by atoms with Crippen molar-refractivity contribution in [2.75, 3.05) is 11.9 Å². The van der Waals surface area contributed by atoms with Gasteiger partial charge in [0.25, 0.3) is 0 Å². The van der Waals surface area contributed by atoms with E-state index in [2.05, 4.69) is 40.1 Å². The maximum Gasteiger partial charge on any atom is 0.140 e. The maximum atomic E-state index is 5.84. The van der Waals surface area contributed by atoms with Crippen LogP contribution in [0.4, 0.5) is 5.82 Å². The lowest BCUT2D eigenvalue weighted by Crippen LogP contribution is -2.29. The molecular formula is C11H17BrClN3. The number of anilines is 1. The second-order valence-electron chi connectivity index (χ2n) is 4.06. The average molecular weight is 307 g/mol. The van der Waals surface area contributed by atoms with Gasteiger partial charge in [0.2, 0.25) is 0 Å². The fraction of sp³-hybridized carbons (Fsp3) is 0.545. The van der Waals surface area contributed by atoms with Crippen LogP contribution in [0, 0.1) is 5.92 Å². The largest absolute Gasteiger partial charge is 0.366 e. The SMILES string of the molecule is CC(C)C(CCN)Nc1ncc(Cl)cc1Br. The van der Waals surface area contributed by atoms with Crippen molar-refractivity contribution in [2.45, 2.75) is 26.3 Å². The Kier molecular flexibility index (Phi) is 5.52. The summed E-state index contributed by atoms with van der Waals surface area (Å²) in [6.07, 6.45) is 2.56. The van der Waals surface area contributed by atoms with E-state index in [0.29, 0.717) is 23.5 Å². The second kappa shape index (κ2) is 6.42. The highest BCUT2D eigenvalue weighted by Crippen LogP contribution is 2.25. The van der Waals surface area contributed by atoms with Crippen LogP contribution in [0.5, 0.6) is 0 Å². The van der Waals surface area contributed by atoms with Crippen molar-refractivity contribution >= 4 is 33.3 Å². The predicted octanol–water partition coefficient (Wildman–Crippen LogP) is 3.28. The molecule has 0 aliphatic rings. The van der Waals surface area contributed by atoms with Crippen molar-refractivity contribution in [2.24, 2.45) is 11.7 Å². The average Bonchev–Trinajstić information content (AvgIpc) is 2.20. The molecule has 0 aliphatic heterocycles. The molecule has 0 spiro atoms. The summed E-state index contributed by atoms with van der Waals surface area (Å²) in [5.74, 6) is 1.32. The molecular weight excluding hydrogens is 289 g/mol. The Morgan fingerprint density at radius 2 is 2.25 bits per heavy atom. The Morgan fingerprint density at radius 1 is 1.56 bits per heavy atom. The van der Waals surface area contributed by atoms with E-state index in [1.54, 1.807) is 6.20 Å². The van der Waals surface area contributed by atoms with Crippen LogP contribution in [0.1, 0.15) is 20.3 Å².